The number of aromatic nitrogens is 2. The lowest BCUT2D eigenvalue weighted by Crippen LogP contribution is -2.03. The first kappa shape index (κ1) is 18.7. The molecule has 1 atom stereocenters. The Labute approximate surface area is 164 Å². The van der Waals surface area contributed by atoms with Gasteiger partial charge in [-0.25, -0.2) is 13.4 Å². The molecule has 4 rings (SSSR count). The number of fused-ring (bicyclic) bond motifs is 1. The van der Waals surface area contributed by atoms with Crippen molar-refractivity contribution < 1.29 is 17.9 Å². The number of nitrogens with one attached hydrogen (secondary N) is 1. The van der Waals surface area contributed by atoms with E-state index < -0.39 is 9.84 Å². The fraction of sp³-hybridized carbons (Fsp3) is 0.286. The van der Waals surface area contributed by atoms with Crippen molar-refractivity contribution in [3.8, 4) is 5.75 Å². The average Bonchev–Trinajstić information content (AvgIpc) is 3.34. The van der Waals surface area contributed by atoms with Crippen molar-refractivity contribution in [2.24, 2.45) is 0 Å². The molecule has 7 heteroatoms. The number of sulfone groups is 1. The predicted octanol–water partition coefficient (Wildman–Crippen LogP) is 3.59. The Balaban J connectivity index is 1.80. The average molecular weight is 398 g/mol. The molecule has 3 aromatic rings. The Morgan fingerprint density at radius 1 is 1.29 bits per heavy atom. The highest BCUT2D eigenvalue weighted by Gasteiger charge is 2.18. The summed E-state index contributed by atoms with van der Waals surface area (Å²) in [6.07, 6.45) is 7.03. The lowest BCUT2D eigenvalue weighted by Gasteiger charge is -2.11. The zero-order chi connectivity index (χ0) is 19.7. The minimum absolute atomic E-state index is 0.0403. The largest absolute Gasteiger partial charge is 0.495 e. The van der Waals surface area contributed by atoms with Gasteiger partial charge in [0.15, 0.2) is 9.84 Å². The monoisotopic (exact) mass is 398 g/mol. The molecular weight excluding hydrogens is 376 g/mol. The number of pyridine rings is 1. The van der Waals surface area contributed by atoms with Crippen molar-refractivity contribution >= 4 is 26.4 Å². The van der Waals surface area contributed by atoms with E-state index >= 15 is 0 Å². The first-order chi connectivity index (χ1) is 13.4. The molecule has 2 aromatic heterocycles. The molecule has 6 nitrogen and oxygen atoms in total. The predicted molar refractivity (Wildman–Crippen MR) is 108 cm³/mol. The SMILES string of the molecule is COc1cnc2[nH]c(/C(=C/C3CCCO3)c3ccc(S(C)(=O)=O)cc3)cc2c1. The van der Waals surface area contributed by atoms with Crippen LogP contribution in [0.2, 0.25) is 0 Å². The molecule has 0 amide bonds. The van der Waals surface area contributed by atoms with Gasteiger partial charge in [-0.1, -0.05) is 12.1 Å². The number of hydrogen-bond donors (Lipinski definition) is 1. The normalized spacial score (nSPS) is 17.9. The molecule has 0 aliphatic carbocycles. The molecule has 146 valence electrons. The van der Waals surface area contributed by atoms with Crippen molar-refractivity contribution in [3.05, 3.63) is 59.9 Å². The van der Waals surface area contributed by atoms with Crippen LogP contribution in [0.3, 0.4) is 0 Å². The van der Waals surface area contributed by atoms with Crippen molar-refractivity contribution in [3.63, 3.8) is 0 Å². The molecule has 1 unspecified atom stereocenters. The van der Waals surface area contributed by atoms with Crippen molar-refractivity contribution in [1.29, 1.82) is 0 Å². The summed E-state index contributed by atoms with van der Waals surface area (Å²) < 4.78 is 34.6. The Bertz CT molecular complexity index is 1120. The quantitative estimate of drug-likeness (QED) is 0.710. The maximum absolute atomic E-state index is 11.8. The molecule has 1 fully saturated rings. The van der Waals surface area contributed by atoms with E-state index in [1.54, 1.807) is 25.4 Å². The third kappa shape index (κ3) is 3.81. The van der Waals surface area contributed by atoms with Crippen LogP contribution in [0.5, 0.6) is 5.75 Å². The summed E-state index contributed by atoms with van der Waals surface area (Å²) in [5, 5.41) is 0.945. The minimum atomic E-state index is -3.24. The molecule has 1 aliphatic rings. The first-order valence-corrected chi connectivity index (χ1v) is 11.0. The van der Waals surface area contributed by atoms with Gasteiger partial charge in [0.25, 0.3) is 0 Å². The second-order valence-corrected chi connectivity index (χ2v) is 8.94. The number of H-pyrrole nitrogens is 1. The number of ether oxygens (including phenoxy) is 2. The second-order valence-electron chi connectivity index (χ2n) is 6.92. The van der Waals surface area contributed by atoms with Crippen molar-refractivity contribution in [1.82, 2.24) is 9.97 Å². The number of nitrogens with zero attached hydrogens (tertiary/aromatic N) is 1. The van der Waals surface area contributed by atoms with Crippen LogP contribution in [0.4, 0.5) is 0 Å². The van der Waals surface area contributed by atoms with Gasteiger partial charge < -0.3 is 14.5 Å². The van der Waals surface area contributed by atoms with Crippen LogP contribution in [-0.2, 0) is 14.6 Å². The van der Waals surface area contributed by atoms with Gasteiger partial charge in [-0.05, 0) is 48.7 Å². The molecule has 1 N–H and O–H groups in total. The fourth-order valence-corrected chi connectivity index (χ4v) is 4.03. The maximum atomic E-state index is 11.8. The minimum Gasteiger partial charge on any atom is -0.495 e. The molecule has 0 saturated carbocycles. The Morgan fingerprint density at radius 2 is 2.07 bits per heavy atom. The van der Waals surface area contributed by atoms with Crippen LogP contribution in [0.15, 0.2) is 53.6 Å². The summed E-state index contributed by atoms with van der Waals surface area (Å²) in [7, 11) is -1.62. The van der Waals surface area contributed by atoms with E-state index in [9.17, 15) is 8.42 Å². The zero-order valence-electron chi connectivity index (χ0n) is 15.8. The van der Waals surface area contributed by atoms with E-state index in [4.69, 9.17) is 9.47 Å². The van der Waals surface area contributed by atoms with Gasteiger partial charge in [0.1, 0.15) is 11.4 Å². The zero-order valence-corrected chi connectivity index (χ0v) is 16.6. The summed E-state index contributed by atoms with van der Waals surface area (Å²) in [5.74, 6) is 0.695. The maximum Gasteiger partial charge on any atom is 0.175 e. The van der Waals surface area contributed by atoms with Crippen LogP contribution >= 0.6 is 0 Å². The molecular formula is C21H22N2O4S. The summed E-state index contributed by atoms with van der Waals surface area (Å²) in [5.41, 5.74) is 3.55. The molecule has 1 aromatic carbocycles. The Hall–Kier alpha value is -2.64. The van der Waals surface area contributed by atoms with E-state index in [0.29, 0.717) is 10.6 Å². The molecule has 0 spiro atoms. The molecule has 0 radical (unpaired) electrons. The standard InChI is InChI=1S/C21H22N2O4S/c1-26-17-10-15-11-20(23-21(15)22-13-17)19(12-16-4-3-9-27-16)14-5-7-18(8-6-14)28(2,24)25/h5-8,10-13,16H,3-4,9H2,1-2H3,(H,22,23)/b19-12+. The second kappa shape index (κ2) is 7.41. The lowest BCUT2D eigenvalue weighted by molar-refractivity contribution is 0.146. The van der Waals surface area contributed by atoms with Crippen LogP contribution in [0.25, 0.3) is 16.6 Å². The van der Waals surface area contributed by atoms with E-state index in [1.165, 1.54) is 6.26 Å². The van der Waals surface area contributed by atoms with E-state index in [-0.39, 0.29) is 6.10 Å². The Morgan fingerprint density at radius 3 is 2.71 bits per heavy atom. The highest BCUT2D eigenvalue weighted by molar-refractivity contribution is 7.90. The van der Waals surface area contributed by atoms with Crippen LogP contribution in [-0.4, -0.2) is 44.5 Å². The van der Waals surface area contributed by atoms with Gasteiger partial charge >= 0.3 is 0 Å². The molecule has 3 heterocycles. The molecule has 28 heavy (non-hydrogen) atoms. The van der Waals surface area contributed by atoms with Crippen LogP contribution < -0.4 is 4.74 Å². The summed E-state index contributed by atoms with van der Waals surface area (Å²) in [6.45, 7) is 0.757. The first-order valence-electron chi connectivity index (χ1n) is 9.11. The molecule has 1 aliphatic heterocycles. The van der Waals surface area contributed by atoms with Gasteiger partial charge in [0.05, 0.1) is 24.3 Å². The van der Waals surface area contributed by atoms with Gasteiger partial charge in [0.2, 0.25) is 0 Å². The smallest absolute Gasteiger partial charge is 0.175 e. The molecule has 0 bridgehead atoms. The van der Waals surface area contributed by atoms with E-state index in [2.05, 4.69) is 16.0 Å². The van der Waals surface area contributed by atoms with E-state index in [1.807, 2.05) is 24.3 Å². The van der Waals surface area contributed by atoms with Gasteiger partial charge in [0, 0.05) is 29.5 Å². The number of hydrogen-bond acceptors (Lipinski definition) is 5. The Kier molecular flexibility index (Phi) is 4.95. The number of benzene rings is 1. The van der Waals surface area contributed by atoms with E-state index in [0.717, 1.165) is 47.3 Å². The summed E-state index contributed by atoms with van der Waals surface area (Å²) in [6, 6.07) is 10.9. The topological polar surface area (TPSA) is 81.3 Å². The van der Waals surface area contributed by atoms with Gasteiger partial charge in [-0.2, -0.15) is 0 Å². The summed E-state index contributed by atoms with van der Waals surface area (Å²) >= 11 is 0. The number of methoxy groups -OCH3 is 1. The highest BCUT2D eigenvalue weighted by Crippen LogP contribution is 2.30. The van der Waals surface area contributed by atoms with Crippen molar-refractivity contribution in [2.75, 3.05) is 20.0 Å². The van der Waals surface area contributed by atoms with Crippen LogP contribution in [0.1, 0.15) is 24.1 Å². The molecule has 1 saturated heterocycles. The summed E-state index contributed by atoms with van der Waals surface area (Å²) in [4.78, 5) is 8.07. The van der Waals surface area contributed by atoms with Crippen LogP contribution in [0, 0.1) is 0 Å². The third-order valence-corrected chi connectivity index (χ3v) is 6.01. The fourth-order valence-electron chi connectivity index (χ4n) is 3.40. The van der Waals surface area contributed by atoms with Crippen molar-refractivity contribution in [2.45, 2.75) is 23.8 Å². The number of rotatable bonds is 5. The third-order valence-electron chi connectivity index (χ3n) is 4.88. The van der Waals surface area contributed by atoms with Gasteiger partial charge in [-0.3, -0.25) is 0 Å². The number of aromatic amines is 1. The lowest BCUT2D eigenvalue weighted by atomic mass is 10.00. The van der Waals surface area contributed by atoms with Gasteiger partial charge in [-0.15, -0.1) is 0 Å². The highest BCUT2D eigenvalue weighted by atomic mass is 32.2.